The van der Waals surface area contributed by atoms with E-state index in [2.05, 4.69) is 9.71 Å². The molecular weight excluding hydrogens is 424 g/mol. The number of rotatable bonds is 6. The number of aryl methyl sites for hydroxylation is 2. The van der Waals surface area contributed by atoms with E-state index in [0.29, 0.717) is 27.9 Å². The first kappa shape index (κ1) is 21.5. The van der Waals surface area contributed by atoms with Crippen molar-refractivity contribution >= 4 is 27.3 Å². The Hall–Kier alpha value is -1.75. The van der Waals surface area contributed by atoms with Crippen molar-refractivity contribution in [2.24, 2.45) is 7.05 Å². The van der Waals surface area contributed by atoms with Gasteiger partial charge in [-0.3, -0.25) is 4.79 Å². The van der Waals surface area contributed by atoms with Crippen LogP contribution in [0.1, 0.15) is 47.5 Å². The summed E-state index contributed by atoms with van der Waals surface area (Å²) in [5.74, 6) is 0.0243. The van der Waals surface area contributed by atoms with E-state index in [9.17, 15) is 13.2 Å². The van der Waals surface area contributed by atoms with Gasteiger partial charge in [-0.05, 0) is 45.1 Å². The largest absolute Gasteiger partial charge is 0.377 e. The number of piperidine rings is 1. The summed E-state index contributed by atoms with van der Waals surface area (Å²) < 4.78 is 35.3. The van der Waals surface area contributed by atoms with Crippen molar-refractivity contribution in [3.05, 3.63) is 22.8 Å². The Morgan fingerprint density at radius 3 is 2.77 bits per heavy atom. The van der Waals surface area contributed by atoms with E-state index in [1.165, 1.54) is 11.3 Å². The minimum absolute atomic E-state index is 0.0243. The number of nitrogens with one attached hydrogen (secondary N) is 1. The number of nitrogens with zero attached hydrogens (tertiary/aromatic N) is 3. The minimum Gasteiger partial charge on any atom is -0.377 e. The van der Waals surface area contributed by atoms with Gasteiger partial charge in [0.2, 0.25) is 10.0 Å². The smallest absolute Gasteiger partial charge is 0.265 e. The quantitative estimate of drug-likeness (QED) is 0.727. The molecule has 2 fully saturated rings. The Labute approximate surface area is 181 Å². The van der Waals surface area contributed by atoms with Gasteiger partial charge < -0.3 is 14.2 Å². The van der Waals surface area contributed by atoms with Gasteiger partial charge in [0.1, 0.15) is 14.8 Å². The van der Waals surface area contributed by atoms with Crippen LogP contribution in [0.2, 0.25) is 0 Å². The molecule has 0 radical (unpaired) electrons. The molecule has 1 N–H and O–H groups in total. The molecule has 164 valence electrons. The van der Waals surface area contributed by atoms with Crippen molar-refractivity contribution < 1.29 is 17.9 Å². The van der Waals surface area contributed by atoms with Crippen LogP contribution in [0.5, 0.6) is 0 Å². The van der Waals surface area contributed by atoms with Crippen LogP contribution in [0, 0.1) is 6.92 Å². The van der Waals surface area contributed by atoms with Crippen LogP contribution in [0.4, 0.5) is 0 Å². The van der Waals surface area contributed by atoms with Gasteiger partial charge in [-0.15, -0.1) is 11.3 Å². The summed E-state index contributed by atoms with van der Waals surface area (Å²) in [6.45, 7) is 4.37. The Morgan fingerprint density at radius 2 is 2.07 bits per heavy atom. The lowest BCUT2D eigenvalue weighted by Gasteiger charge is -2.26. The number of thiazole rings is 1. The van der Waals surface area contributed by atoms with Crippen LogP contribution >= 0.6 is 11.3 Å². The highest BCUT2D eigenvalue weighted by Gasteiger charge is 2.26. The number of carbonyl (C=O) groups excluding carboxylic acids is 1. The average molecular weight is 453 g/mol. The molecule has 0 bridgehead atoms. The zero-order chi connectivity index (χ0) is 21.3. The van der Waals surface area contributed by atoms with Crippen molar-refractivity contribution in [3.8, 4) is 10.7 Å². The first-order valence-electron chi connectivity index (χ1n) is 10.4. The van der Waals surface area contributed by atoms with Crippen LogP contribution in [-0.4, -0.2) is 61.1 Å². The lowest BCUT2D eigenvalue weighted by atomic mass is 10.1. The number of ether oxygens (including phenoxy) is 1. The molecular formula is C20H28N4O4S2. The van der Waals surface area contributed by atoms with Gasteiger partial charge in [-0.25, -0.2) is 18.1 Å². The van der Waals surface area contributed by atoms with E-state index in [1.54, 1.807) is 23.9 Å². The summed E-state index contributed by atoms with van der Waals surface area (Å²) in [7, 11) is -1.85. The van der Waals surface area contributed by atoms with E-state index in [4.69, 9.17) is 4.74 Å². The van der Waals surface area contributed by atoms with Crippen LogP contribution < -0.4 is 4.72 Å². The highest BCUT2D eigenvalue weighted by Crippen LogP contribution is 2.31. The molecule has 2 aliphatic rings. The van der Waals surface area contributed by atoms with Gasteiger partial charge in [0, 0.05) is 39.5 Å². The normalized spacial score (nSPS) is 20.1. The molecule has 0 spiro atoms. The molecule has 1 amide bonds. The Morgan fingerprint density at radius 1 is 1.30 bits per heavy atom. The predicted molar refractivity (Wildman–Crippen MR) is 115 cm³/mol. The first-order valence-corrected chi connectivity index (χ1v) is 12.7. The van der Waals surface area contributed by atoms with Gasteiger partial charge in [-0.2, -0.15) is 0 Å². The van der Waals surface area contributed by atoms with Crippen molar-refractivity contribution in [1.29, 1.82) is 0 Å². The third-order valence-corrected chi connectivity index (χ3v) is 8.23. The Balaban J connectivity index is 1.53. The maximum Gasteiger partial charge on any atom is 0.265 e. The lowest BCUT2D eigenvalue weighted by molar-refractivity contribution is 0.0728. The maximum absolute atomic E-state index is 12.9. The molecule has 4 heterocycles. The second-order valence-corrected chi connectivity index (χ2v) is 10.7. The van der Waals surface area contributed by atoms with Crippen molar-refractivity contribution in [2.45, 2.75) is 50.0 Å². The molecule has 0 aliphatic carbocycles. The summed E-state index contributed by atoms with van der Waals surface area (Å²) >= 11 is 1.33. The highest BCUT2D eigenvalue weighted by atomic mass is 32.2. The van der Waals surface area contributed by atoms with E-state index in [1.807, 2.05) is 11.8 Å². The highest BCUT2D eigenvalue weighted by molar-refractivity contribution is 7.89. The molecule has 2 saturated heterocycles. The van der Waals surface area contributed by atoms with Gasteiger partial charge in [0.15, 0.2) is 0 Å². The number of likely N-dealkylation sites (tertiary alicyclic amines) is 1. The molecule has 8 nitrogen and oxygen atoms in total. The van der Waals surface area contributed by atoms with Gasteiger partial charge in [0.25, 0.3) is 5.91 Å². The second kappa shape index (κ2) is 8.78. The predicted octanol–water partition coefficient (Wildman–Crippen LogP) is 2.54. The molecule has 10 heteroatoms. The van der Waals surface area contributed by atoms with Crippen molar-refractivity contribution in [1.82, 2.24) is 19.2 Å². The molecule has 0 saturated carbocycles. The van der Waals surface area contributed by atoms with Crippen LogP contribution in [-0.2, 0) is 21.8 Å². The Bertz CT molecular complexity index is 1020. The molecule has 4 rings (SSSR count). The maximum atomic E-state index is 12.9. The lowest BCUT2D eigenvalue weighted by Crippen LogP contribution is -2.35. The van der Waals surface area contributed by atoms with Crippen LogP contribution in [0.3, 0.4) is 0 Å². The van der Waals surface area contributed by atoms with Crippen molar-refractivity contribution in [3.63, 3.8) is 0 Å². The number of hydrogen-bond donors (Lipinski definition) is 1. The molecule has 1 atom stereocenters. The van der Waals surface area contributed by atoms with Gasteiger partial charge in [-0.1, -0.05) is 0 Å². The van der Waals surface area contributed by atoms with Crippen molar-refractivity contribution in [2.75, 3.05) is 26.2 Å². The molecule has 2 aliphatic heterocycles. The van der Waals surface area contributed by atoms with Crippen LogP contribution in [0.25, 0.3) is 10.7 Å². The van der Waals surface area contributed by atoms with E-state index in [-0.39, 0.29) is 23.5 Å². The monoisotopic (exact) mass is 452 g/mol. The van der Waals surface area contributed by atoms with E-state index < -0.39 is 10.0 Å². The molecule has 0 unspecified atom stereocenters. The van der Waals surface area contributed by atoms with Crippen LogP contribution in [0.15, 0.2) is 17.2 Å². The average Bonchev–Trinajstić information content (AvgIpc) is 3.47. The third kappa shape index (κ3) is 4.46. The molecule has 2 aromatic rings. The fourth-order valence-corrected chi connectivity index (χ4v) is 6.16. The summed E-state index contributed by atoms with van der Waals surface area (Å²) in [5, 5.41) is 0.649. The van der Waals surface area contributed by atoms with Gasteiger partial charge >= 0.3 is 0 Å². The summed E-state index contributed by atoms with van der Waals surface area (Å²) in [6.07, 6.45) is 6.59. The molecule has 0 aromatic carbocycles. The fourth-order valence-electron chi connectivity index (χ4n) is 3.93. The third-order valence-electron chi connectivity index (χ3n) is 5.67. The van der Waals surface area contributed by atoms with Gasteiger partial charge in [0.05, 0.1) is 17.5 Å². The first-order chi connectivity index (χ1) is 14.3. The SMILES string of the molecule is Cc1nc(-c2cc(S(=O)(=O)NC[C@@H]3CCCO3)cn2C)sc1C(=O)N1CCCCC1. The number of sulfonamides is 1. The number of amides is 1. The standard InChI is InChI=1S/C20H28N4O4S2/c1-14-18(20(25)24-8-4-3-5-9-24)29-19(22-14)17-11-16(13-23(17)2)30(26,27)21-12-15-7-6-10-28-15/h11,13,15,21H,3-10,12H2,1-2H3/t15-/m0/s1. The zero-order valence-electron chi connectivity index (χ0n) is 17.4. The Kier molecular flexibility index (Phi) is 6.29. The summed E-state index contributed by atoms with van der Waals surface area (Å²) in [5.41, 5.74) is 1.37. The number of carbonyl (C=O) groups is 1. The minimum atomic E-state index is -3.64. The number of aromatic nitrogens is 2. The van der Waals surface area contributed by atoms with E-state index >= 15 is 0 Å². The second-order valence-electron chi connectivity index (χ2n) is 7.95. The summed E-state index contributed by atoms with van der Waals surface area (Å²) in [6, 6.07) is 1.62. The molecule has 30 heavy (non-hydrogen) atoms. The topological polar surface area (TPSA) is 93.5 Å². The fraction of sp³-hybridized carbons (Fsp3) is 0.600. The molecule has 2 aromatic heterocycles. The number of hydrogen-bond acceptors (Lipinski definition) is 6. The summed E-state index contributed by atoms with van der Waals surface area (Å²) in [4.78, 5) is 20.2. The van der Waals surface area contributed by atoms with E-state index in [0.717, 1.165) is 45.2 Å². The zero-order valence-corrected chi connectivity index (χ0v) is 19.0.